The van der Waals surface area contributed by atoms with Gasteiger partial charge >= 0.3 is 0 Å². The van der Waals surface area contributed by atoms with E-state index in [1.54, 1.807) is 0 Å². The average Bonchev–Trinajstić information content (AvgIpc) is 2.50. The minimum absolute atomic E-state index is 0.0953. The van der Waals surface area contributed by atoms with E-state index in [1.807, 2.05) is 7.05 Å². The van der Waals surface area contributed by atoms with E-state index in [9.17, 15) is 0 Å². The van der Waals surface area contributed by atoms with Gasteiger partial charge in [0.1, 0.15) is 0 Å². The molecule has 0 bridgehead atoms. The van der Waals surface area contributed by atoms with Crippen LogP contribution in [0.2, 0.25) is 0 Å². The maximum atomic E-state index is 6.35. The van der Waals surface area contributed by atoms with Crippen LogP contribution in [0.5, 0.6) is 0 Å². The maximum Gasteiger partial charge on any atom is 0.0313 e. The number of nitrogens with two attached hydrogens (primary N) is 1. The fourth-order valence-corrected chi connectivity index (χ4v) is 2.50. The summed E-state index contributed by atoms with van der Waals surface area (Å²) in [6.07, 6.45) is 2.12. The van der Waals surface area contributed by atoms with E-state index >= 15 is 0 Å². The highest BCUT2D eigenvalue weighted by atomic mass is 14.9. The Balaban J connectivity index is 1.89. The number of hydrogen-bond acceptors (Lipinski definition) is 3. The van der Waals surface area contributed by atoms with Crippen molar-refractivity contribution in [2.45, 2.75) is 18.9 Å². The van der Waals surface area contributed by atoms with Crippen molar-refractivity contribution in [1.29, 1.82) is 0 Å². The standard InChI is InChI=1S/C17H25N3/c1-19-11-5-12-20-13-10-17(18)16-9-4-7-14-6-2-3-8-15(14)16/h2-4,6-9,17,19-20H,5,10-13,18H2,1H3. The zero-order chi connectivity index (χ0) is 14.2. The molecule has 108 valence electrons. The molecule has 3 heteroatoms. The van der Waals surface area contributed by atoms with E-state index in [0.29, 0.717) is 0 Å². The molecule has 0 aliphatic carbocycles. The van der Waals surface area contributed by atoms with Gasteiger partial charge in [-0.2, -0.15) is 0 Å². The molecule has 1 atom stereocenters. The monoisotopic (exact) mass is 271 g/mol. The molecule has 4 N–H and O–H groups in total. The van der Waals surface area contributed by atoms with Crippen molar-refractivity contribution in [3.05, 3.63) is 48.0 Å². The van der Waals surface area contributed by atoms with Crippen LogP contribution in [0.25, 0.3) is 10.8 Å². The second-order valence-corrected chi connectivity index (χ2v) is 5.17. The van der Waals surface area contributed by atoms with Gasteiger partial charge in [0, 0.05) is 6.04 Å². The summed E-state index contributed by atoms with van der Waals surface area (Å²) in [5, 5.41) is 9.14. The molecule has 0 radical (unpaired) electrons. The third-order valence-electron chi connectivity index (χ3n) is 3.64. The van der Waals surface area contributed by atoms with Crippen molar-refractivity contribution in [3.63, 3.8) is 0 Å². The summed E-state index contributed by atoms with van der Waals surface area (Å²) in [7, 11) is 1.98. The van der Waals surface area contributed by atoms with E-state index < -0.39 is 0 Å². The lowest BCUT2D eigenvalue weighted by molar-refractivity contribution is 0.564. The first-order chi connectivity index (χ1) is 9.83. The van der Waals surface area contributed by atoms with Gasteiger partial charge in [-0.25, -0.2) is 0 Å². The molecule has 0 amide bonds. The van der Waals surface area contributed by atoms with Gasteiger partial charge in [0.2, 0.25) is 0 Å². The van der Waals surface area contributed by atoms with Crippen LogP contribution in [0.3, 0.4) is 0 Å². The Kier molecular flexibility index (Phi) is 5.99. The van der Waals surface area contributed by atoms with Gasteiger partial charge in [-0.05, 0) is 55.9 Å². The first-order valence-corrected chi connectivity index (χ1v) is 7.41. The van der Waals surface area contributed by atoms with Crippen molar-refractivity contribution in [3.8, 4) is 0 Å². The Morgan fingerprint density at radius 3 is 2.65 bits per heavy atom. The summed E-state index contributed by atoms with van der Waals surface area (Å²) in [4.78, 5) is 0. The Morgan fingerprint density at radius 1 is 1.00 bits per heavy atom. The first-order valence-electron chi connectivity index (χ1n) is 7.41. The first kappa shape index (κ1) is 15.0. The van der Waals surface area contributed by atoms with Crippen LogP contribution in [-0.4, -0.2) is 26.7 Å². The molecule has 2 aromatic rings. The van der Waals surface area contributed by atoms with E-state index in [-0.39, 0.29) is 6.04 Å². The number of hydrogen-bond donors (Lipinski definition) is 3. The minimum Gasteiger partial charge on any atom is -0.324 e. The molecule has 2 rings (SSSR count). The molecule has 0 aromatic heterocycles. The fourth-order valence-electron chi connectivity index (χ4n) is 2.50. The van der Waals surface area contributed by atoms with Gasteiger partial charge in [0.15, 0.2) is 0 Å². The molecule has 0 saturated carbocycles. The zero-order valence-electron chi connectivity index (χ0n) is 12.2. The number of benzene rings is 2. The van der Waals surface area contributed by atoms with E-state index in [4.69, 9.17) is 5.73 Å². The van der Waals surface area contributed by atoms with Gasteiger partial charge in [0.05, 0.1) is 0 Å². The molecule has 3 nitrogen and oxygen atoms in total. The molecule has 2 aromatic carbocycles. The van der Waals surface area contributed by atoms with Crippen LogP contribution in [0, 0.1) is 0 Å². The summed E-state index contributed by atoms with van der Waals surface area (Å²) >= 11 is 0. The lowest BCUT2D eigenvalue weighted by atomic mass is 9.97. The topological polar surface area (TPSA) is 50.1 Å². The second-order valence-electron chi connectivity index (χ2n) is 5.17. The summed E-state index contributed by atoms with van der Waals surface area (Å²) in [6, 6.07) is 14.9. The average molecular weight is 271 g/mol. The summed E-state index contributed by atoms with van der Waals surface area (Å²) in [5.74, 6) is 0. The number of rotatable bonds is 8. The summed E-state index contributed by atoms with van der Waals surface area (Å²) in [6.45, 7) is 3.07. The van der Waals surface area contributed by atoms with Gasteiger partial charge in [0.25, 0.3) is 0 Å². The highest BCUT2D eigenvalue weighted by Crippen LogP contribution is 2.24. The third-order valence-corrected chi connectivity index (χ3v) is 3.64. The van der Waals surface area contributed by atoms with Crippen LogP contribution in [0.1, 0.15) is 24.4 Å². The summed E-state index contributed by atoms with van der Waals surface area (Å²) in [5.41, 5.74) is 7.60. The van der Waals surface area contributed by atoms with Crippen molar-refractivity contribution in [2.24, 2.45) is 5.73 Å². The Morgan fingerprint density at radius 2 is 1.80 bits per heavy atom. The van der Waals surface area contributed by atoms with Crippen LogP contribution >= 0.6 is 0 Å². The van der Waals surface area contributed by atoms with E-state index in [1.165, 1.54) is 16.3 Å². The quantitative estimate of drug-likeness (QED) is 0.646. The smallest absolute Gasteiger partial charge is 0.0313 e. The Hall–Kier alpha value is -1.42. The fraction of sp³-hybridized carbons (Fsp3) is 0.412. The largest absolute Gasteiger partial charge is 0.324 e. The molecular weight excluding hydrogens is 246 g/mol. The second kappa shape index (κ2) is 8.00. The number of nitrogens with one attached hydrogen (secondary N) is 2. The van der Waals surface area contributed by atoms with Crippen molar-refractivity contribution >= 4 is 10.8 Å². The van der Waals surface area contributed by atoms with Crippen LogP contribution in [0.15, 0.2) is 42.5 Å². The predicted octanol–water partition coefficient (Wildman–Crippen LogP) is 2.43. The molecule has 20 heavy (non-hydrogen) atoms. The van der Waals surface area contributed by atoms with Crippen LogP contribution in [0.4, 0.5) is 0 Å². The normalized spacial score (nSPS) is 12.7. The van der Waals surface area contributed by atoms with Crippen molar-refractivity contribution in [2.75, 3.05) is 26.7 Å². The Labute approximate surface area is 121 Å². The molecule has 0 heterocycles. The van der Waals surface area contributed by atoms with Crippen molar-refractivity contribution in [1.82, 2.24) is 10.6 Å². The molecule has 0 aliphatic rings. The molecule has 1 unspecified atom stereocenters. The molecule has 0 spiro atoms. The lowest BCUT2D eigenvalue weighted by Crippen LogP contribution is -2.24. The minimum atomic E-state index is 0.0953. The van der Waals surface area contributed by atoms with Gasteiger partial charge in [-0.1, -0.05) is 42.5 Å². The van der Waals surface area contributed by atoms with Gasteiger partial charge in [-0.3, -0.25) is 0 Å². The van der Waals surface area contributed by atoms with Gasteiger partial charge in [-0.15, -0.1) is 0 Å². The number of fused-ring (bicyclic) bond motifs is 1. The Bertz CT molecular complexity index is 519. The molecule has 0 fully saturated rings. The highest BCUT2D eigenvalue weighted by molar-refractivity contribution is 5.86. The third kappa shape index (κ3) is 4.04. The highest BCUT2D eigenvalue weighted by Gasteiger charge is 2.08. The lowest BCUT2D eigenvalue weighted by Gasteiger charge is -2.15. The molecule has 0 saturated heterocycles. The zero-order valence-corrected chi connectivity index (χ0v) is 12.2. The maximum absolute atomic E-state index is 6.35. The van der Waals surface area contributed by atoms with Crippen molar-refractivity contribution < 1.29 is 0 Å². The predicted molar refractivity (Wildman–Crippen MR) is 86.9 cm³/mol. The van der Waals surface area contributed by atoms with Crippen LogP contribution < -0.4 is 16.4 Å². The van der Waals surface area contributed by atoms with Gasteiger partial charge < -0.3 is 16.4 Å². The van der Waals surface area contributed by atoms with Crippen LogP contribution in [-0.2, 0) is 0 Å². The van der Waals surface area contributed by atoms with E-state index in [0.717, 1.165) is 32.5 Å². The summed E-state index contributed by atoms with van der Waals surface area (Å²) < 4.78 is 0. The molecule has 0 aliphatic heterocycles. The molecular formula is C17H25N3. The van der Waals surface area contributed by atoms with E-state index in [2.05, 4.69) is 53.1 Å². The SMILES string of the molecule is CNCCCNCCC(N)c1cccc2ccccc12.